The summed E-state index contributed by atoms with van der Waals surface area (Å²) in [7, 11) is -3.69. The molecular weight excluding hydrogens is 336 g/mol. The van der Waals surface area contributed by atoms with Crippen LogP contribution in [0.4, 0.5) is 0 Å². The first-order chi connectivity index (χ1) is 11.7. The Balaban J connectivity index is 2.34. The van der Waals surface area contributed by atoms with Gasteiger partial charge in [-0.3, -0.25) is 4.79 Å². The number of aryl methyl sites for hydroxylation is 3. The summed E-state index contributed by atoms with van der Waals surface area (Å²) < 4.78 is 27.9. The Morgan fingerprint density at radius 1 is 1.20 bits per heavy atom. The topological polar surface area (TPSA) is 66.5 Å². The Labute approximate surface area is 151 Å². The fraction of sp³-hybridized carbons (Fsp3) is 0.632. The van der Waals surface area contributed by atoms with Crippen LogP contribution in [0, 0.1) is 20.8 Å². The lowest BCUT2D eigenvalue weighted by Crippen LogP contribution is -2.48. The summed E-state index contributed by atoms with van der Waals surface area (Å²) in [5.41, 5.74) is 2.52. The van der Waals surface area contributed by atoms with Gasteiger partial charge in [0.15, 0.2) is 0 Å². The van der Waals surface area contributed by atoms with Crippen molar-refractivity contribution in [1.82, 2.24) is 9.62 Å². The van der Waals surface area contributed by atoms with Crippen LogP contribution in [0.5, 0.6) is 0 Å². The maximum atomic E-state index is 13.3. The Morgan fingerprint density at radius 3 is 2.28 bits per heavy atom. The van der Waals surface area contributed by atoms with E-state index >= 15 is 0 Å². The predicted molar refractivity (Wildman–Crippen MR) is 100 cm³/mol. The van der Waals surface area contributed by atoms with Crippen LogP contribution in [-0.2, 0) is 14.8 Å². The minimum absolute atomic E-state index is 0.0977. The molecule has 1 aliphatic rings. The molecule has 5 nitrogen and oxygen atoms in total. The quantitative estimate of drug-likeness (QED) is 0.841. The van der Waals surface area contributed by atoms with E-state index in [0.29, 0.717) is 24.3 Å². The number of nitrogens with one attached hydrogen (secondary N) is 1. The van der Waals surface area contributed by atoms with Gasteiger partial charge in [0.25, 0.3) is 0 Å². The van der Waals surface area contributed by atoms with Gasteiger partial charge >= 0.3 is 0 Å². The molecule has 1 aliphatic heterocycles. The summed E-state index contributed by atoms with van der Waals surface area (Å²) in [6.07, 6.45) is 2.98. The number of hydrogen-bond acceptors (Lipinski definition) is 3. The number of sulfonamides is 1. The van der Waals surface area contributed by atoms with Gasteiger partial charge in [-0.05, 0) is 57.6 Å². The standard InChI is InChI=1S/C19H30N2O3S/c1-6-16(7-2)20-19(22)17-9-8-10-21(17)25(23,24)18-14(4)11-13(3)12-15(18)5/h11-12,16-17H,6-10H2,1-5H3,(H,20,22). The van der Waals surface area contributed by atoms with Crippen molar-refractivity contribution in [1.29, 1.82) is 0 Å². The first kappa shape index (κ1) is 19.9. The molecule has 0 radical (unpaired) electrons. The van der Waals surface area contributed by atoms with Gasteiger partial charge < -0.3 is 5.32 Å². The molecular formula is C19H30N2O3S. The molecule has 0 bridgehead atoms. The third kappa shape index (κ3) is 4.06. The van der Waals surface area contributed by atoms with Gasteiger partial charge in [-0.15, -0.1) is 0 Å². The largest absolute Gasteiger partial charge is 0.352 e. The van der Waals surface area contributed by atoms with Crippen molar-refractivity contribution in [2.45, 2.75) is 77.3 Å². The maximum Gasteiger partial charge on any atom is 0.244 e. The maximum absolute atomic E-state index is 13.3. The molecule has 0 spiro atoms. The number of amides is 1. The second-order valence-electron chi connectivity index (χ2n) is 7.02. The highest BCUT2D eigenvalue weighted by atomic mass is 32.2. The average Bonchev–Trinajstić information content (AvgIpc) is 3.01. The van der Waals surface area contributed by atoms with E-state index in [-0.39, 0.29) is 11.9 Å². The zero-order valence-electron chi connectivity index (χ0n) is 15.9. The van der Waals surface area contributed by atoms with Gasteiger partial charge in [-0.2, -0.15) is 4.31 Å². The SMILES string of the molecule is CCC(CC)NC(=O)C1CCCN1S(=O)(=O)c1c(C)cc(C)cc1C. The molecule has 25 heavy (non-hydrogen) atoms. The first-order valence-corrected chi connectivity index (χ1v) is 10.6. The van der Waals surface area contributed by atoms with Crippen LogP contribution < -0.4 is 5.32 Å². The van der Waals surface area contributed by atoms with Crippen LogP contribution in [0.15, 0.2) is 17.0 Å². The monoisotopic (exact) mass is 366 g/mol. The second kappa shape index (κ2) is 7.87. The minimum atomic E-state index is -3.69. The molecule has 1 fully saturated rings. The summed E-state index contributed by atoms with van der Waals surface area (Å²) in [4.78, 5) is 13.0. The highest BCUT2D eigenvalue weighted by molar-refractivity contribution is 7.89. The van der Waals surface area contributed by atoms with Crippen LogP contribution in [-0.4, -0.2) is 37.3 Å². The molecule has 6 heteroatoms. The van der Waals surface area contributed by atoms with E-state index in [9.17, 15) is 13.2 Å². The lowest BCUT2D eigenvalue weighted by molar-refractivity contribution is -0.125. The van der Waals surface area contributed by atoms with E-state index in [1.807, 2.05) is 46.8 Å². The van der Waals surface area contributed by atoms with Crippen molar-refractivity contribution >= 4 is 15.9 Å². The van der Waals surface area contributed by atoms with Gasteiger partial charge in [0.1, 0.15) is 6.04 Å². The molecule has 1 unspecified atom stereocenters. The van der Waals surface area contributed by atoms with Crippen molar-refractivity contribution in [3.63, 3.8) is 0 Å². The lowest BCUT2D eigenvalue weighted by Gasteiger charge is -2.27. The first-order valence-electron chi connectivity index (χ1n) is 9.12. The zero-order chi connectivity index (χ0) is 18.8. The molecule has 0 aliphatic carbocycles. The molecule has 0 aromatic heterocycles. The summed E-state index contributed by atoms with van der Waals surface area (Å²) in [5.74, 6) is -0.169. The number of benzene rings is 1. The average molecular weight is 367 g/mol. The number of rotatable bonds is 6. The lowest BCUT2D eigenvalue weighted by atomic mass is 10.1. The van der Waals surface area contributed by atoms with E-state index < -0.39 is 16.1 Å². The van der Waals surface area contributed by atoms with E-state index in [1.54, 1.807) is 0 Å². The van der Waals surface area contributed by atoms with Crippen LogP contribution in [0.1, 0.15) is 56.2 Å². The molecule has 1 atom stereocenters. The Hall–Kier alpha value is -1.40. The van der Waals surface area contributed by atoms with E-state index in [1.165, 1.54) is 4.31 Å². The van der Waals surface area contributed by atoms with Gasteiger partial charge in [0, 0.05) is 12.6 Å². The number of hydrogen-bond donors (Lipinski definition) is 1. The van der Waals surface area contributed by atoms with Gasteiger partial charge in [-0.1, -0.05) is 31.5 Å². The number of carbonyl (C=O) groups is 1. The molecule has 2 rings (SSSR count). The smallest absolute Gasteiger partial charge is 0.244 e. The van der Waals surface area contributed by atoms with Crippen molar-refractivity contribution in [3.05, 3.63) is 28.8 Å². The number of carbonyl (C=O) groups excluding carboxylic acids is 1. The van der Waals surface area contributed by atoms with Crippen molar-refractivity contribution in [2.75, 3.05) is 6.54 Å². The van der Waals surface area contributed by atoms with Gasteiger partial charge in [0.05, 0.1) is 4.90 Å². The van der Waals surface area contributed by atoms with E-state index in [0.717, 1.165) is 29.5 Å². The fourth-order valence-electron chi connectivity index (χ4n) is 3.77. The van der Waals surface area contributed by atoms with Crippen LogP contribution in [0.25, 0.3) is 0 Å². The molecule has 0 saturated carbocycles. The summed E-state index contributed by atoms with van der Waals surface area (Å²) in [5, 5.41) is 3.01. The van der Waals surface area contributed by atoms with Gasteiger partial charge in [0.2, 0.25) is 15.9 Å². The summed E-state index contributed by atoms with van der Waals surface area (Å²) in [6.45, 7) is 10.0. The molecule has 1 saturated heterocycles. The molecule has 1 aromatic rings. The highest BCUT2D eigenvalue weighted by Gasteiger charge is 2.40. The fourth-order valence-corrected chi connectivity index (χ4v) is 5.84. The summed E-state index contributed by atoms with van der Waals surface area (Å²) in [6, 6.07) is 3.26. The van der Waals surface area contributed by atoms with Crippen molar-refractivity contribution < 1.29 is 13.2 Å². The second-order valence-corrected chi connectivity index (χ2v) is 8.85. The Morgan fingerprint density at radius 2 is 1.76 bits per heavy atom. The van der Waals surface area contributed by atoms with E-state index in [2.05, 4.69) is 5.32 Å². The molecule has 1 aromatic carbocycles. The number of nitrogens with zero attached hydrogens (tertiary/aromatic N) is 1. The minimum Gasteiger partial charge on any atom is -0.352 e. The van der Waals surface area contributed by atoms with Crippen LogP contribution >= 0.6 is 0 Å². The molecule has 140 valence electrons. The van der Waals surface area contributed by atoms with E-state index in [4.69, 9.17) is 0 Å². The molecule has 1 N–H and O–H groups in total. The third-order valence-electron chi connectivity index (χ3n) is 5.01. The normalized spacial score (nSPS) is 18.7. The predicted octanol–water partition coefficient (Wildman–Crippen LogP) is 3.07. The summed E-state index contributed by atoms with van der Waals surface area (Å²) >= 11 is 0. The van der Waals surface area contributed by atoms with Crippen molar-refractivity contribution in [3.8, 4) is 0 Å². The molecule has 1 heterocycles. The van der Waals surface area contributed by atoms with Crippen molar-refractivity contribution in [2.24, 2.45) is 0 Å². The highest BCUT2D eigenvalue weighted by Crippen LogP contribution is 2.30. The Bertz CT molecular complexity index is 716. The zero-order valence-corrected chi connectivity index (χ0v) is 16.7. The van der Waals surface area contributed by atoms with Crippen LogP contribution in [0.3, 0.4) is 0 Å². The Kier molecular flexibility index (Phi) is 6.27. The molecule has 1 amide bonds. The van der Waals surface area contributed by atoms with Crippen LogP contribution in [0.2, 0.25) is 0 Å². The third-order valence-corrected chi connectivity index (χ3v) is 7.22. The van der Waals surface area contributed by atoms with Gasteiger partial charge in [-0.25, -0.2) is 8.42 Å².